The van der Waals surface area contributed by atoms with Crippen LogP contribution < -0.4 is 34.7 Å². The molecule has 0 amide bonds. The summed E-state index contributed by atoms with van der Waals surface area (Å²) in [6.45, 7) is 4.49. The van der Waals surface area contributed by atoms with Gasteiger partial charge in [0, 0.05) is 6.42 Å². The van der Waals surface area contributed by atoms with Crippen molar-refractivity contribution in [3.8, 4) is 0 Å². The van der Waals surface area contributed by atoms with E-state index in [1.54, 1.807) is 0 Å². The minimum absolute atomic E-state index is 0. The van der Waals surface area contributed by atoms with Crippen molar-refractivity contribution in [3.05, 3.63) is 0 Å². The minimum atomic E-state index is -1.16. The maximum atomic E-state index is 12.3. The molecule has 0 rings (SSSR count). The molecule has 34 heavy (non-hydrogen) atoms. The van der Waals surface area contributed by atoms with Crippen LogP contribution in [0.4, 0.5) is 0 Å². The number of hydrogen-bond acceptors (Lipinski definition) is 3. The molecular weight excluding hydrogens is 431 g/mol. The molecule has 1 unspecified atom stereocenters. The Morgan fingerprint density at radius 3 is 1.12 bits per heavy atom. The fourth-order valence-electron chi connectivity index (χ4n) is 4.74. The van der Waals surface area contributed by atoms with Crippen LogP contribution in [0.5, 0.6) is 0 Å². The van der Waals surface area contributed by atoms with Gasteiger partial charge in [0.2, 0.25) is 0 Å². The van der Waals surface area contributed by atoms with Crippen molar-refractivity contribution in [1.29, 1.82) is 0 Å². The molecule has 0 aliphatic rings. The van der Waals surface area contributed by atoms with E-state index in [9.17, 15) is 14.7 Å². The molecule has 0 aliphatic carbocycles. The predicted octanol–water partition coefficient (Wildman–Crippen LogP) is 5.72. The van der Waals surface area contributed by atoms with Crippen molar-refractivity contribution < 1.29 is 44.3 Å². The Bertz CT molecular complexity index is 439. The molecule has 0 aromatic rings. The van der Waals surface area contributed by atoms with E-state index in [4.69, 9.17) is 0 Å². The second-order valence-corrected chi connectivity index (χ2v) is 10.3. The molecule has 0 aromatic heterocycles. The van der Waals surface area contributed by atoms with Gasteiger partial charge in [0.25, 0.3) is 0 Å². The zero-order chi connectivity index (χ0) is 24.4. The van der Waals surface area contributed by atoms with E-state index in [1.807, 2.05) is 0 Å². The molecular formula is C30H57NaO3. The molecule has 4 heteroatoms. The second kappa shape index (κ2) is 29.4. The van der Waals surface area contributed by atoms with Crippen LogP contribution in [-0.2, 0) is 9.59 Å². The van der Waals surface area contributed by atoms with Crippen LogP contribution in [0.15, 0.2) is 0 Å². The minimum Gasteiger partial charge on any atom is -0.549 e. The van der Waals surface area contributed by atoms with Crippen molar-refractivity contribution in [1.82, 2.24) is 0 Å². The molecule has 0 saturated heterocycles. The molecule has 0 aliphatic heterocycles. The van der Waals surface area contributed by atoms with Crippen LogP contribution in [-0.4, -0.2) is 11.8 Å². The van der Waals surface area contributed by atoms with Gasteiger partial charge in [-0.15, -0.1) is 0 Å². The van der Waals surface area contributed by atoms with E-state index < -0.39 is 11.9 Å². The van der Waals surface area contributed by atoms with Crippen LogP contribution in [0.2, 0.25) is 0 Å². The summed E-state index contributed by atoms with van der Waals surface area (Å²) in [7, 11) is 0. The van der Waals surface area contributed by atoms with E-state index in [1.165, 1.54) is 116 Å². The molecule has 0 bridgehead atoms. The number of carbonyl (C=O) groups is 2. The normalized spacial score (nSPS) is 11.8. The van der Waals surface area contributed by atoms with Crippen molar-refractivity contribution >= 4 is 11.8 Å². The summed E-state index contributed by atoms with van der Waals surface area (Å²) in [6, 6.07) is 0. The maximum absolute atomic E-state index is 12.3. The van der Waals surface area contributed by atoms with Gasteiger partial charge in [0.15, 0.2) is 0 Å². The number of carboxylic acid groups (broad SMARTS) is 1. The largest absolute Gasteiger partial charge is 1.00 e. The summed E-state index contributed by atoms with van der Waals surface area (Å²) in [5.74, 6) is -2.15. The molecule has 0 saturated carbocycles. The van der Waals surface area contributed by atoms with Gasteiger partial charge in [-0.1, -0.05) is 155 Å². The molecule has 1 atom stereocenters. The molecule has 3 nitrogen and oxygen atoms in total. The molecule has 0 radical (unpaired) electrons. The van der Waals surface area contributed by atoms with Gasteiger partial charge in [-0.2, -0.15) is 0 Å². The van der Waals surface area contributed by atoms with Gasteiger partial charge in [0.1, 0.15) is 5.78 Å². The Morgan fingerprint density at radius 1 is 0.500 bits per heavy atom. The third-order valence-corrected chi connectivity index (χ3v) is 7.05. The van der Waals surface area contributed by atoms with Crippen LogP contribution in [0.1, 0.15) is 174 Å². The smallest absolute Gasteiger partial charge is 0.549 e. The SMILES string of the molecule is CCCCCCCCCCCCCCCCCC(=O)C(CCCCCCCCCC)C(=O)[O-].[Na+]. The Balaban J connectivity index is 0. The molecule has 0 fully saturated rings. The fourth-order valence-corrected chi connectivity index (χ4v) is 4.74. The van der Waals surface area contributed by atoms with E-state index in [0.717, 1.165) is 32.1 Å². The number of Topliss-reactive ketones (excluding diaryl/α,β-unsaturated/α-hetero) is 1. The molecule has 0 aromatic carbocycles. The van der Waals surface area contributed by atoms with E-state index >= 15 is 0 Å². The number of unbranched alkanes of at least 4 members (excludes halogenated alkanes) is 21. The number of ketones is 1. The number of carbonyl (C=O) groups excluding carboxylic acids is 2. The van der Waals surface area contributed by atoms with Gasteiger partial charge in [-0.05, 0) is 12.8 Å². The van der Waals surface area contributed by atoms with Gasteiger partial charge < -0.3 is 9.90 Å². The van der Waals surface area contributed by atoms with E-state index in [-0.39, 0.29) is 35.3 Å². The third-order valence-electron chi connectivity index (χ3n) is 7.05. The van der Waals surface area contributed by atoms with Gasteiger partial charge >= 0.3 is 29.6 Å². The topological polar surface area (TPSA) is 57.2 Å². The van der Waals surface area contributed by atoms with Crippen LogP contribution >= 0.6 is 0 Å². The fraction of sp³-hybridized carbons (Fsp3) is 0.933. The quantitative estimate of drug-likeness (QED) is 0.0844. The summed E-state index contributed by atoms with van der Waals surface area (Å²) >= 11 is 0. The van der Waals surface area contributed by atoms with E-state index in [2.05, 4.69) is 13.8 Å². The molecule has 0 spiro atoms. The third kappa shape index (κ3) is 25.2. The van der Waals surface area contributed by atoms with Gasteiger partial charge in [-0.3, -0.25) is 4.79 Å². The maximum Gasteiger partial charge on any atom is 1.00 e. The Kier molecular flexibility index (Phi) is 31.4. The van der Waals surface area contributed by atoms with E-state index in [0.29, 0.717) is 12.8 Å². The summed E-state index contributed by atoms with van der Waals surface area (Å²) in [4.78, 5) is 23.7. The predicted molar refractivity (Wildman–Crippen MR) is 140 cm³/mol. The number of rotatable bonds is 27. The van der Waals surface area contributed by atoms with Crippen molar-refractivity contribution in [2.75, 3.05) is 0 Å². The van der Waals surface area contributed by atoms with Crippen LogP contribution in [0.25, 0.3) is 0 Å². The average Bonchev–Trinajstić information content (AvgIpc) is 2.80. The number of aliphatic carboxylic acids is 1. The van der Waals surface area contributed by atoms with Crippen molar-refractivity contribution in [3.63, 3.8) is 0 Å². The monoisotopic (exact) mass is 488 g/mol. The summed E-state index contributed by atoms with van der Waals surface area (Å²) in [6.07, 6.45) is 29.7. The average molecular weight is 489 g/mol. The zero-order valence-corrected chi connectivity index (χ0v) is 25.5. The zero-order valence-electron chi connectivity index (χ0n) is 23.5. The summed E-state index contributed by atoms with van der Waals surface area (Å²) in [5.41, 5.74) is 0. The number of hydrogen-bond donors (Lipinski definition) is 0. The van der Waals surface area contributed by atoms with Crippen molar-refractivity contribution in [2.45, 2.75) is 174 Å². The number of carboxylic acids is 1. The first-order chi connectivity index (χ1) is 16.1. The van der Waals surface area contributed by atoms with Crippen LogP contribution in [0.3, 0.4) is 0 Å². The Labute approximate surface area is 235 Å². The Morgan fingerprint density at radius 2 is 0.794 bits per heavy atom. The second-order valence-electron chi connectivity index (χ2n) is 10.3. The first-order valence-corrected chi connectivity index (χ1v) is 14.9. The van der Waals surface area contributed by atoms with Crippen molar-refractivity contribution in [2.24, 2.45) is 5.92 Å². The first-order valence-electron chi connectivity index (χ1n) is 14.9. The summed E-state index contributed by atoms with van der Waals surface area (Å²) < 4.78 is 0. The first kappa shape index (κ1) is 36.3. The molecule has 0 N–H and O–H groups in total. The van der Waals surface area contributed by atoms with Gasteiger partial charge in [0.05, 0.1) is 11.9 Å². The summed E-state index contributed by atoms with van der Waals surface area (Å²) in [5, 5.41) is 11.4. The van der Waals surface area contributed by atoms with Crippen LogP contribution in [0, 0.1) is 5.92 Å². The molecule has 0 heterocycles. The van der Waals surface area contributed by atoms with Gasteiger partial charge in [-0.25, -0.2) is 0 Å². The standard InChI is InChI=1S/C30H58O3.Na/c1-3-5-7-9-11-13-14-15-16-17-18-19-21-23-25-27-29(31)28(30(32)33)26-24-22-20-12-10-8-6-4-2;/h28H,3-27H2,1-2H3,(H,32,33);/q;+1/p-1. The molecule has 196 valence electrons. The Hall–Kier alpha value is 0.140.